The molecule has 5 aliphatic rings. The van der Waals surface area contributed by atoms with Crippen molar-refractivity contribution >= 4 is 51.7 Å². The van der Waals surface area contributed by atoms with Gasteiger partial charge in [0.15, 0.2) is 0 Å². The van der Waals surface area contributed by atoms with E-state index in [1.807, 2.05) is 13.1 Å². The van der Waals surface area contributed by atoms with Gasteiger partial charge >= 0.3 is 0 Å². The maximum atomic E-state index is 14.4. The van der Waals surface area contributed by atoms with Gasteiger partial charge < -0.3 is 38.6 Å². The summed E-state index contributed by atoms with van der Waals surface area (Å²) in [4.78, 5) is 55.0. The van der Waals surface area contributed by atoms with E-state index in [1.54, 1.807) is 23.9 Å². The van der Waals surface area contributed by atoms with E-state index in [0.29, 0.717) is 63.1 Å². The smallest absolute Gasteiger partial charge is 0.293 e. The van der Waals surface area contributed by atoms with Crippen LogP contribution in [0.15, 0.2) is 35.5 Å². The quantitative estimate of drug-likeness (QED) is 0.117. The van der Waals surface area contributed by atoms with Crippen molar-refractivity contribution in [1.82, 2.24) is 30.2 Å². The van der Waals surface area contributed by atoms with Crippen LogP contribution in [0.2, 0.25) is 0 Å². The van der Waals surface area contributed by atoms with Crippen molar-refractivity contribution < 1.29 is 33.3 Å². The molecule has 7 atom stereocenters. The molecule has 66 heavy (non-hydrogen) atoms. The van der Waals surface area contributed by atoms with Crippen LogP contribution in [0.1, 0.15) is 96.2 Å². The number of methoxy groups -OCH3 is 1. The number of nitrogens with one attached hydrogen (secondary N) is 2. The number of thioether (sulfide) groups is 1. The Morgan fingerprint density at radius 1 is 1.05 bits per heavy atom. The Bertz CT molecular complexity index is 2220. The highest BCUT2D eigenvalue weighted by Crippen LogP contribution is 2.52. The molecule has 3 aliphatic heterocycles. The van der Waals surface area contributed by atoms with Crippen molar-refractivity contribution in [2.45, 2.75) is 111 Å². The first-order valence-corrected chi connectivity index (χ1v) is 25.3. The highest BCUT2D eigenvalue weighted by Gasteiger charge is 2.50. The van der Waals surface area contributed by atoms with Gasteiger partial charge in [0, 0.05) is 93.1 Å². The molecule has 2 aliphatic carbocycles. The Labute approximate surface area is 395 Å². The lowest BCUT2D eigenvalue weighted by Gasteiger charge is -2.34. The molecule has 8 rings (SSSR count). The third kappa shape index (κ3) is 10.5. The summed E-state index contributed by atoms with van der Waals surface area (Å²) in [6.07, 6.45) is 5.54. The summed E-state index contributed by atoms with van der Waals surface area (Å²) in [5.74, 6) is 0.755. The van der Waals surface area contributed by atoms with E-state index in [4.69, 9.17) is 28.9 Å². The SMILES string of the molecule is CCO[C@H](C1=NC(c2ccc3c(c2)c(CC2(COC=O)CC2)c(-c2cc(N4CCN(C)CC4)cnc2[C@H](C)OC)n3CCOC(C)C)CS1)[C@H](NC(=O)C1[C@@H](C)[C@H]1C)C(=O)N1CCCCN1. The molecular formula is C50H72N8O7S. The number of hydrogen-bond donors (Lipinski definition) is 2. The summed E-state index contributed by atoms with van der Waals surface area (Å²) in [6.45, 7) is 19.7. The fraction of sp³-hybridized carbons (Fsp3) is 0.660. The van der Waals surface area contributed by atoms with Crippen molar-refractivity contribution in [3.63, 3.8) is 0 Å². The molecule has 360 valence electrons. The average molecular weight is 929 g/mol. The molecule has 1 aromatic carbocycles. The van der Waals surface area contributed by atoms with Gasteiger partial charge in [-0.2, -0.15) is 0 Å². The maximum Gasteiger partial charge on any atom is 0.293 e. The van der Waals surface area contributed by atoms with Crippen molar-refractivity contribution in [2.75, 3.05) is 83.9 Å². The monoisotopic (exact) mass is 929 g/mol. The zero-order chi connectivity index (χ0) is 46.7. The number of amides is 2. The number of ether oxygens (including phenoxy) is 4. The van der Waals surface area contributed by atoms with E-state index in [0.717, 1.165) is 91.0 Å². The number of aromatic nitrogens is 2. The van der Waals surface area contributed by atoms with Crippen LogP contribution in [0, 0.1) is 23.2 Å². The van der Waals surface area contributed by atoms with Crippen LogP contribution >= 0.6 is 11.8 Å². The standard InChI is InChI=1S/C50H72N8O7S/c1-9-64-46(44(49(61)58-17-11-10-16-52-58)54-47(60)42-32(4)33(42)5)48-53-40(28-66-48)35-12-13-41-37(24-35)39(26-50(14-15-50)29-63-30-59)45(57(41)22-23-65-31(2)3)38-25-36(27-51-43(38)34(6)62-8)56-20-18-55(7)19-21-56/h12-13,24-25,27,30-34,40,42,44,46,52H,9-11,14-23,26,28-29H2,1-8H3,(H,54,60)/t32-,33+,34-,40?,42?,44-,46-/m0/s1. The van der Waals surface area contributed by atoms with Gasteiger partial charge in [-0.05, 0) is 108 Å². The van der Waals surface area contributed by atoms with Gasteiger partial charge in [-0.15, -0.1) is 11.8 Å². The van der Waals surface area contributed by atoms with Crippen LogP contribution in [0.4, 0.5) is 5.69 Å². The van der Waals surface area contributed by atoms with Crippen LogP contribution in [-0.2, 0) is 46.3 Å². The van der Waals surface area contributed by atoms with Crippen molar-refractivity contribution in [3.8, 4) is 11.3 Å². The number of carbonyl (C=O) groups excluding carboxylic acids is 3. The van der Waals surface area contributed by atoms with Gasteiger partial charge in [0.1, 0.15) is 17.2 Å². The number of fused-ring (bicyclic) bond motifs is 1. The summed E-state index contributed by atoms with van der Waals surface area (Å²) < 4.78 is 26.6. The molecular weight excluding hydrogens is 857 g/mol. The van der Waals surface area contributed by atoms with Gasteiger partial charge in [-0.1, -0.05) is 19.9 Å². The number of pyridine rings is 1. The minimum Gasteiger partial charge on any atom is -0.467 e. The Hall–Kier alpha value is -4.06. The third-order valence-electron chi connectivity index (χ3n) is 14.7. The molecule has 4 fully saturated rings. The number of hydrogen-bond acceptors (Lipinski definition) is 13. The lowest BCUT2D eigenvalue weighted by Crippen LogP contribution is -2.61. The minimum absolute atomic E-state index is 0.0652. The predicted octanol–water partition coefficient (Wildman–Crippen LogP) is 6.19. The lowest BCUT2D eigenvalue weighted by atomic mass is 9.91. The Morgan fingerprint density at radius 3 is 2.47 bits per heavy atom. The molecule has 2 unspecified atom stereocenters. The van der Waals surface area contributed by atoms with Crippen LogP contribution in [0.3, 0.4) is 0 Å². The third-order valence-corrected chi connectivity index (χ3v) is 15.8. The van der Waals surface area contributed by atoms with Crippen molar-refractivity contribution in [2.24, 2.45) is 28.2 Å². The number of aliphatic imine (C=N–C) groups is 1. The van der Waals surface area contributed by atoms with Gasteiger partial charge in [0.2, 0.25) is 5.91 Å². The molecule has 2 amide bonds. The number of nitrogens with zero attached hydrogens (tertiary/aromatic N) is 6. The lowest BCUT2D eigenvalue weighted by molar-refractivity contribution is -0.143. The molecule has 2 saturated carbocycles. The van der Waals surface area contributed by atoms with E-state index in [9.17, 15) is 14.4 Å². The van der Waals surface area contributed by atoms with Gasteiger partial charge in [0.25, 0.3) is 12.4 Å². The number of benzene rings is 1. The van der Waals surface area contributed by atoms with Crippen molar-refractivity contribution in [3.05, 3.63) is 47.3 Å². The highest BCUT2D eigenvalue weighted by atomic mass is 32.2. The largest absolute Gasteiger partial charge is 0.467 e. The van der Waals surface area contributed by atoms with E-state index >= 15 is 0 Å². The first-order valence-electron chi connectivity index (χ1n) is 24.3. The molecule has 2 saturated heterocycles. The first-order chi connectivity index (χ1) is 31.9. The molecule has 2 aromatic heterocycles. The van der Waals surface area contributed by atoms with Crippen LogP contribution < -0.4 is 15.6 Å². The van der Waals surface area contributed by atoms with E-state index in [2.05, 4.69) is 91.0 Å². The van der Waals surface area contributed by atoms with Crippen molar-refractivity contribution in [1.29, 1.82) is 0 Å². The van der Waals surface area contributed by atoms with Crippen LogP contribution in [0.25, 0.3) is 22.2 Å². The molecule has 16 heteroatoms. The van der Waals surface area contributed by atoms with Gasteiger partial charge in [-0.3, -0.25) is 29.4 Å². The molecule has 5 heterocycles. The number of likely N-dealkylation sites (N-methyl/N-ethyl adjacent to an activating group) is 1. The predicted molar refractivity (Wildman–Crippen MR) is 260 cm³/mol. The summed E-state index contributed by atoms with van der Waals surface area (Å²) in [7, 11) is 3.90. The molecule has 0 spiro atoms. The minimum atomic E-state index is -0.922. The van der Waals surface area contributed by atoms with Gasteiger partial charge in [0.05, 0.1) is 54.7 Å². The number of rotatable bonds is 21. The number of piperazine rings is 1. The fourth-order valence-electron chi connectivity index (χ4n) is 10.1. The maximum absolute atomic E-state index is 14.4. The molecule has 3 aromatic rings. The second kappa shape index (κ2) is 21.1. The van der Waals surface area contributed by atoms with E-state index in [-0.39, 0.29) is 53.2 Å². The summed E-state index contributed by atoms with van der Waals surface area (Å²) >= 11 is 1.60. The summed E-state index contributed by atoms with van der Waals surface area (Å²) in [5, 5.41) is 6.65. The molecule has 0 radical (unpaired) electrons. The first kappa shape index (κ1) is 48.4. The van der Waals surface area contributed by atoms with E-state index < -0.39 is 12.1 Å². The number of hydrazine groups is 1. The highest BCUT2D eigenvalue weighted by molar-refractivity contribution is 8.14. The normalized spacial score (nSPS) is 24.3. The zero-order valence-electron chi connectivity index (χ0n) is 40.3. The molecule has 0 bridgehead atoms. The molecule has 15 nitrogen and oxygen atoms in total. The zero-order valence-corrected chi connectivity index (χ0v) is 41.2. The Morgan fingerprint density at radius 2 is 1.82 bits per heavy atom. The Kier molecular flexibility index (Phi) is 15.5. The summed E-state index contributed by atoms with van der Waals surface area (Å²) in [6, 6.07) is 7.87. The van der Waals surface area contributed by atoms with Crippen LogP contribution in [-0.4, -0.2) is 140 Å². The summed E-state index contributed by atoms with van der Waals surface area (Å²) in [5.41, 5.74) is 10.4. The second-order valence-corrected chi connectivity index (χ2v) is 20.6. The van der Waals surface area contributed by atoms with Gasteiger partial charge in [-0.25, -0.2) is 5.43 Å². The van der Waals surface area contributed by atoms with Crippen LogP contribution in [0.5, 0.6) is 0 Å². The number of anilines is 1. The Balaban J connectivity index is 1.23. The fourth-order valence-corrected chi connectivity index (χ4v) is 11.3. The average Bonchev–Trinajstić information content (AvgIpc) is 4.10. The van der Waals surface area contributed by atoms with E-state index in [1.165, 1.54) is 5.56 Å². The molecule has 2 N–H and O–H groups in total. The second-order valence-electron chi connectivity index (χ2n) is 19.6. The number of carbonyl (C=O) groups is 3. The topological polar surface area (TPSA) is 152 Å².